The Morgan fingerprint density at radius 3 is 2.62 bits per heavy atom. The number of hydrogen-bond acceptors (Lipinski definition) is 2. The Morgan fingerprint density at radius 1 is 1.12 bits per heavy atom. The number of hydrogen-bond donors (Lipinski definition) is 0. The van der Waals surface area contributed by atoms with Gasteiger partial charge in [-0.3, -0.25) is 9.69 Å². The van der Waals surface area contributed by atoms with Gasteiger partial charge in [-0.05, 0) is 31.9 Å². The van der Waals surface area contributed by atoms with Gasteiger partial charge < -0.3 is 4.90 Å². The molecule has 2 heterocycles. The third-order valence-electron chi connectivity index (χ3n) is 5.31. The number of halogens is 5. The third-order valence-corrected chi connectivity index (χ3v) is 5.31. The van der Waals surface area contributed by atoms with Gasteiger partial charge in [0.1, 0.15) is 6.42 Å². The van der Waals surface area contributed by atoms with Crippen molar-refractivity contribution in [2.45, 2.75) is 38.4 Å². The summed E-state index contributed by atoms with van der Waals surface area (Å²) in [5.74, 6) is -2.64. The van der Waals surface area contributed by atoms with Crippen LogP contribution in [0, 0.1) is 17.0 Å². The molecule has 1 amide bonds. The molecule has 144 valence electrons. The smallest absolute Gasteiger partial charge is 0.342 e. The molecule has 2 aliphatic rings. The van der Waals surface area contributed by atoms with E-state index in [9.17, 15) is 26.7 Å². The molecule has 26 heavy (non-hydrogen) atoms. The molecule has 0 aromatic heterocycles. The lowest BCUT2D eigenvalue weighted by Crippen LogP contribution is -2.45. The number of alkyl halides is 3. The van der Waals surface area contributed by atoms with Crippen LogP contribution in [0.25, 0.3) is 0 Å². The third kappa shape index (κ3) is 4.34. The average Bonchev–Trinajstić information content (AvgIpc) is 2.94. The lowest BCUT2D eigenvalue weighted by atomic mass is 9.79. The summed E-state index contributed by atoms with van der Waals surface area (Å²) in [4.78, 5) is 15.1. The molecule has 0 bridgehead atoms. The predicted molar refractivity (Wildman–Crippen MR) is 85.2 cm³/mol. The Morgan fingerprint density at radius 2 is 1.88 bits per heavy atom. The van der Waals surface area contributed by atoms with E-state index in [-0.39, 0.29) is 17.5 Å². The van der Waals surface area contributed by atoms with Crippen molar-refractivity contribution in [1.29, 1.82) is 0 Å². The normalized spacial score (nSPS) is 24.4. The number of carbonyl (C=O) groups is 1. The van der Waals surface area contributed by atoms with Crippen molar-refractivity contribution in [3.8, 4) is 0 Å². The van der Waals surface area contributed by atoms with E-state index < -0.39 is 30.1 Å². The molecular formula is C18H21F5N2O. The fraction of sp³-hybridized carbons (Fsp3) is 0.611. The van der Waals surface area contributed by atoms with E-state index in [1.807, 2.05) is 4.90 Å². The van der Waals surface area contributed by atoms with E-state index >= 15 is 0 Å². The van der Waals surface area contributed by atoms with Crippen molar-refractivity contribution >= 4 is 5.91 Å². The minimum absolute atomic E-state index is 0.252. The molecule has 3 nitrogen and oxygen atoms in total. The summed E-state index contributed by atoms with van der Waals surface area (Å²) in [5.41, 5.74) is 0.00796. The molecule has 3 rings (SSSR count). The fourth-order valence-electron chi connectivity index (χ4n) is 4.12. The van der Waals surface area contributed by atoms with Crippen molar-refractivity contribution in [2.24, 2.45) is 5.41 Å². The van der Waals surface area contributed by atoms with Crippen molar-refractivity contribution < 1.29 is 26.7 Å². The van der Waals surface area contributed by atoms with Gasteiger partial charge in [0.15, 0.2) is 11.6 Å². The summed E-state index contributed by atoms with van der Waals surface area (Å²) in [7, 11) is 0. The van der Waals surface area contributed by atoms with Gasteiger partial charge in [-0.25, -0.2) is 8.78 Å². The van der Waals surface area contributed by atoms with Crippen molar-refractivity contribution in [3.05, 3.63) is 35.4 Å². The Kier molecular flexibility index (Phi) is 5.23. The van der Waals surface area contributed by atoms with Crippen molar-refractivity contribution in [1.82, 2.24) is 9.80 Å². The fourth-order valence-corrected chi connectivity index (χ4v) is 4.12. The lowest BCUT2D eigenvalue weighted by molar-refractivity contribution is -0.161. The van der Waals surface area contributed by atoms with E-state index in [1.165, 1.54) is 17.0 Å². The molecule has 1 aromatic rings. The zero-order valence-electron chi connectivity index (χ0n) is 14.3. The topological polar surface area (TPSA) is 23.6 Å². The molecule has 0 radical (unpaired) electrons. The Labute approximate surface area is 148 Å². The highest BCUT2D eigenvalue weighted by Gasteiger charge is 2.44. The summed E-state index contributed by atoms with van der Waals surface area (Å²) in [5, 5.41) is 0. The largest absolute Gasteiger partial charge is 0.397 e. The van der Waals surface area contributed by atoms with Gasteiger partial charge in [0.2, 0.25) is 5.91 Å². The highest BCUT2D eigenvalue weighted by Crippen LogP contribution is 2.40. The Balaban J connectivity index is 1.63. The number of likely N-dealkylation sites (tertiary alicyclic amines) is 2. The number of carbonyl (C=O) groups excluding carboxylic acids is 1. The van der Waals surface area contributed by atoms with Gasteiger partial charge in [-0.2, -0.15) is 13.2 Å². The number of amides is 1. The van der Waals surface area contributed by atoms with Crippen LogP contribution in [0.4, 0.5) is 22.0 Å². The van der Waals surface area contributed by atoms with Crippen LogP contribution in [0.5, 0.6) is 0 Å². The van der Waals surface area contributed by atoms with Crippen LogP contribution in [0.2, 0.25) is 0 Å². The van der Waals surface area contributed by atoms with Crippen LogP contribution in [0.1, 0.15) is 31.2 Å². The maximum Gasteiger partial charge on any atom is 0.397 e. The van der Waals surface area contributed by atoms with E-state index in [4.69, 9.17) is 0 Å². The molecule has 1 atom stereocenters. The second-order valence-corrected chi connectivity index (χ2v) is 7.38. The molecule has 2 fully saturated rings. The Bertz CT molecular complexity index is 678. The van der Waals surface area contributed by atoms with Gasteiger partial charge in [-0.15, -0.1) is 0 Å². The maximum absolute atomic E-state index is 13.9. The van der Waals surface area contributed by atoms with E-state index in [0.717, 1.165) is 18.9 Å². The zero-order valence-corrected chi connectivity index (χ0v) is 14.3. The lowest BCUT2D eigenvalue weighted by Gasteiger charge is -2.40. The summed E-state index contributed by atoms with van der Waals surface area (Å²) >= 11 is 0. The summed E-state index contributed by atoms with van der Waals surface area (Å²) in [6.07, 6.45) is -3.65. The molecule has 8 heteroatoms. The zero-order chi connectivity index (χ0) is 18.9. The molecule has 0 saturated carbocycles. The molecule has 0 aliphatic carbocycles. The minimum Gasteiger partial charge on any atom is -0.342 e. The summed E-state index contributed by atoms with van der Waals surface area (Å²) in [6.45, 7) is 2.15. The van der Waals surface area contributed by atoms with Gasteiger partial charge >= 0.3 is 6.18 Å². The predicted octanol–water partition coefficient (Wildman–Crippen LogP) is 3.73. The summed E-state index contributed by atoms with van der Waals surface area (Å²) in [6, 6.07) is 4.06. The number of rotatable bonds is 3. The first-order chi connectivity index (χ1) is 12.2. The highest BCUT2D eigenvalue weighted by atomic mass is 19.4. The molecule has 2 aliphatic heterocycles. The molecule has 1 spiro atoms. The second-order valence-electron chi connectivity index (χ2n) is 7.38. The second kappa shape index (κ2) is 7.13. The van der Waals surface area contributed by atoms with Crippen molar-refractivity contribution in [3.63, 3.8) is 0 Å². The van der Waals surface area contributed by atoms with Crippen LogP contribution < -0.4 is 0 Å². The average molecular weight is 376 g/mol. The minimum atomic E-state index is -4.50. The SMILES string of the molecule is O=C(CC(F)(F)F)N1CC[C@@]2(CCCN(Cc3cccc(F)c3F)C2)C1. The van der Waals surface area contributed by atoms with Gasteiger partial charge in [0.25, 0.3) is 0 Å². The van der Waals surface area contributed by atoms with Crippen LogP contribution in [-0.2, 0) is 11.3 Å². The summed E-state index contributed by atoms with van der Waals surface area (Å²) < 4.78 is 64.6. The van der Waals surface area contributed by atoms with Crippen LogP contribution in [0.15, 0.2) is 18.2 Å². The van der Waals surface area contributed by atoms with E-state index in [0.29, 0.717) is 32.6 Å². The monoisotopic (exact) mass is 376 g/mol. The number of piperidine rings is 1. The Hall–Kier alpha value is -1.70. The maximum atomic E-state index is 13.9. The molecule has 2 saturated heterocycles. The van der Waals surface area contributed by atoms with Gasteiger partial charge in [0.05, 0.1) is 0 Å². The first-order valence-electron chi connectivity index (χ1n) is 8.67. The van der Waals surface area contributed by atoms with E-state index in [2.05, 4.69) is 0 Å². The first-order valence-corrected chi connectivity index (χ1v) is 8.67. The number of nitrogens with zero attached hydrogens (tertiary/aromatic N) is 2. The van der Waals surface area contributed by atoms with Crippen LogP contribution >= 0.6 is 0 Å². The molecule has 0 unspecified atom stereocenters. The molecular weight excluding hydrogens is 355 g/mol. The molecule has 0 N–H and O–H groups in total. The first kappa shape index (κ1) is 19.1. The highest BCUT2D eigenvalue weighted by molar-refractivity contribution is 5.77. The van der Waals surface area contributed by atoms with Gasteiger partial charge in [0, 0.05) is 37.2 Å². The quantitative estimate of drug-likeness (QED) is 0.751. The standard InChI is InChI=1S/C18H21F5N2O/c19-14-4-1-3-13(16(14)20)10-24-7-2-5-17(11-24)6-8-25(12-17)15(26)9-18(21,22)23/h1,3-4H,2,5-12H2/t17-/m1/s1. The van der Waals surface area contributed by atoms with Crippen molar-refractivity contribution in [2.75, 3.05) is 26.2 Å². The number of benzene rings is 1. The van der Waals surface area contributed by atoms with Crippen LogP contribution in [-0.4, -0.2) is 48.1 Å². The van der Waals surface area contributed by atoms with Crippen LogP contribution in [0.3, 0.4) is 0 Å². The van der Waals surface area contributed by atoms with Gasteiger partial charge in [-0.1, -0.05) is 12.1 Å². The van der Waals surface area contributed by atoms with E-state index in [1.54, 1.807) is 0 Å². The molecule has 1 aromatic carbocycles.